The first-order valence-electron chi connectivity index (χ1n) is 14.4. The SMILES string of the molecule is CCC(NC(=O)[C@@H](NC(=O)[C@]1(C)CCc2c(C)c(OCc3ccccc3)c(C)c(C)c2O1)C(C)C)C(=O)CF.[2H]C#C. The van der Waals surface area contributed by atoms with E-state index in [4.69, 9.17) is 10.8 Å². The Balaban J connectivity index is 0.00000197. The van der Waals surface area contributed by atoms with E-state index in [1.807, 2.05) is 51.1 Å². The van der Waals surface area contributed by atoms with E-state index in [1.54, 1.807) is 27.7 Å². The van der Waals surface area contributed by atoms with Crippen LogP contribution in [0.15, 0.2) is 30.3 Å². The van der Waals surface area contributed by atoms with Crippen LogP contribution in [0.4, 0.5) is 4.39 Å². The molecule has 0 bridgehead atoms. The lowest BCUT2D eigenvalue weighted by Crippen LogP contribution is -2.59. The molecule has 3 rings (SSSR count). The number of amides is 2. The van der Waals surface area contributed by atoms with Crippen molar-refractivity contribution in [2.24, 2.45) is 5.92 Å². The van der Waals surface area contributed by atoms with Gasteiger partial charge in [0, 0.05) is 12.0 Å². The Kier molecular flexibility index (Phi) is 11.3. The van der Waals surface area contributed by atoms with E-state index in [2.05, 4.69) is 17.1 Å². The summed E-state index contributed by atoms with van der Waals surface area (Å²) in [7, 11) is 0. The minimum absolute atomic E-state index is 0.262. The van der Waals surface area contributed by atoms with E-state index in [0.29, 0.717) is 25.2 Å². The number of alkyl halides is 1. The van der Waals surface area contributed by atoms with E-state index in [0.717, 1.165) is 33.6 Å². The molecule has 0 saturated carbocycles. The van der Waals surface area contributed by atoms with Crippen molar-refractivity contribution < 1.29 is 29.6 Å². The average Bonchev–Trinajstić information content (AvgIpc) is 2.97. The van der Waals surface area contributed by atoms with Crippen LogP contribution in [0.5, 0.6) is 11.5 Å². The highest BCUT2D eigenvalue weighted by Crippen LogP contribution is 2.44. The highest BCUT2D eigenvalue weighted by molar-refractivity contribution is 5.95. The molecule has 0 aromatic heterocycles. The van der Waals surface area contributed by atoms with Crippen LogP contribution in [0.1, 0.15) is 69.7 Å². The zero-order valence-electron chi connectivity index (χ0n) is 26.2. The second-order valence-corrected chi connectivity index (χ2v) is 10.9. The van der Waals surface area contributed by atoms with Gasteiger partial charge in [-0.2, -0.15) is 0 Å². The predicted molar refractivity (Wildman–Crippen MR) is 159 cm³/mol. The molecule has 2 amide bonds. The highest BCUT2D eigenvalue weighted by atomic mass is 19.1. The second kappa shape index (κ2) is 14.7. The zero-order valence-corrected chi connectivity index (χ0v) is 25.2. The van der Waals surface area contributed by atoms with E-state index < -0.39 is 42.0 Å². The fourth-order valence-electron chi connectivity index (χ4n) is 4.93. The third-order valence-electron chi connectivity index (χ3n) is 7.68. The summed E-state index contributed by atoms with van der Waals surface area (Å²) in [6.07, 6.45) is 7.05. The maximum absolute atomic E-state index is 13.5. The van der Waals surface area contributed by atoms with Gasteiger partial charge in [0.25, 0.3) is 5.91 Å². The minimum Gasteiger partial charge on any atom is -0.488 e. The van der Waals surface area contributed by atoms with E-state index in [-0.39, 0.29) is 12.3 Å². The molecule has 1 heterocycles. The Morgan fingerprint density at radius 2 is 1.76 bits per heavy atom. The normalized spacial score (nSPS) is 17.3. The summed E-state index contributed by atoms with van der Waals surface area (Å²) in [5.41, 5.74) is 3.75. The molecule has 1 aliphatic heterocycles. The summed E-state index contributed by atoms with van der Waals surface area (Å²) in [6.45, 7) is 12.3. The van der Waals surface area contributed by atoms with Crippen molar-refractivity contribution in [2.45, 2.75) is 92.0 Å². The maximum atomic E-state index is 13.5. The topological polar surface area (TPSA) is 93.7 Å². The van der Waals surface area contributed by atoms with Gasteiger partial charge in [-0.1, -0.05) is 51.1 Å². The molecule has 0 aliphatic carbocycles. The number of rotatable bonds is 11. The van der Waals surface area contributed by atoms with Crippen molar-refractivity contribution >= 4 is 17.6 Å². The number of ketones is 1. The average molecular weight is 568 g/mol. The van der Waals surface area contributed by atoms with Crippen LogP contribution in [0.25, 0.3) is 0 Å². The van der Waals surface area contributed by atoms with Gasteiger partial charge in [0.2, 0.25) is 5.91 Å². The standard InChI is InChI=1S/C31H41FN2O5.C2H2/c1-8-24(25(35)16-32)33-29(36)26(18(2)3)34-30(37)31(7)15-14-23-21(6)27(19(4)20(5)28(23)39-31)38-17-22-12-10-9-11-13-22;1-2/h9-13,18,24,26H,8,14-17H2,1-7H3,(H,33,36)(H,34,37);1-2H/t24?,26-,31-;/m0./s1/i;1D. The summed E-state index contributed by atoms with van der Waals surface area (Å²) >= 11 is 0. The zero-order chi connectivity index (χ0) is 31.6. The maximum Gasteiger partial charge on any atom is 0.264 e. The Labute approximate surface area is 245 Å². The molecule has 1 aliphatic rings. The first-order valence-corrected chi connectivity index (χ1v) is 13.9. The lowest BCUT2D eigenvalue weighted by molar-refractivity contribution is -0.141. The number of fused-ring (bicyclic) bond motifs is 1. The molecule has 41 heavy (non-hydrogen) atoms. The Morgan fingerprint density at radius 3 is 2.32 bits per heavy atom. The van der Waals surface area contributed by atoms with Gasteiger partial charge in [0.05, 0.1) is 6.04 Å². The lowest BCUT2D eigenvalue weighted by atomic mass is 9.86. The summed E-state index contributed by atoms with van der Waals surface area (Å²) in [5, 5.41) is 5.43. The van der Waals surface area contributed by atoms with Crippen LogP contribution in [0, 0.1) is 39.5 Å². The Bertz CT molecular complexity index is 1310. The monoisotopic (exact) mass is 567 g/mol. The van der Waals surface area contributed by atoms with Crippen LogP contribution in [0.3, 0.4) is 0 Å². The van der Waals surface area contributed by atoms with Crippen molar-refractivity contribution in [2.75, 3.05) is 6.67 Å². The van der Waals surface area contributed by atoms with Crippen LogP contribution in [0.2, 0.25) is 0 Å². The molecule has 0 radical (unpaired) electrons. The van der Waals surface area contributed by atoms with Crippen molar-refractivity contribution in [3.8, 4) is 24.3 Å². The molecule has 222 valence electrons. The number of hydrogen-bond acceptors (Lipinski definition) is 5. The molecule has 2 N–H and O–H groups in total. The molecular weight excluding hydrogens is 523 g/mol. The number of Topliss-reactive ketones (excluding diaryl/α,β-unsaturated/α-hetero) is 1. The van der Waals surface area contributed by atoms with Gasteiger partial charge in [0.1, 0.15) is 32.2 Å². The van der Waals surface area contributed by atoms with Gasteiger partial charge >= 0.3 is 0 Å². The molecule has 2 aromatic carbocycles. The first kappa shape index (κ1) is 31.7. The van der Waals surface area contributed by atoms with Gasteiger partial charge < -0.3 is 20.1 Å². The lowest BCUT2D eigenvalue weighted by Gasteiger charge is -2.38. The van der Waals surface area contributed by atoms with E-state index in [9.17, 15) is 18.8 Å². The third-order valence-corrected chi connectivity index (χ3v) is 7.68. The summed E-state index contributed by atoms with van der Waals surface area (Å²) in [6, 6.07) is 8.15. The molecule has 8 heteroatoms. The van der Waals surface area contributed by atoms with Gasteiger partial charge in [-0.25, -0.2) is 4.39 Å². The smallest absolute Gasteiger partial charge is 0.264 e. The minimum atomic E-state index is -1.20. The molecule has 1 unspecified atom stereocenters. The van der Waals surface area contributed by atoms with Crippen molar-refractivity contribution in [1.29, 1.82) is 0 Å². The van der Waals surface area contributed by atoms with Crippen LogP contribution >= 0.6 is 0 Å². The molecule has 2 aromatic rings. The van der Waals surface area contributed by atoms with Gasteiger partial charge in [0.15, 0.2) is 11.4 Å². The van der Waals surface area contributed by atoms with Crippen LogP contribution < -0.4 is 20.1 Å². The second-order valence-electron chi connectivity index (χ2n) is 10.9. The third kappa shape index (κ3) is 7.66. The first-order chi connectivity index (χ1) is 19.8. The largest absolute Gasteiger partial charge is 0.488 e. The number of carbonyl (C=O) groups is 3. The van der Waals surface area contributed by atoms with Gasteiger partial charge in [-0.15, -0.1) is 12.8 Å². The fourth-order valence-corrected chi connectivity index (χ4v) is 4.93. The molecule has 0 spiro atoms. The van der Waals surface area contributed by atoms with E-state index in [1.165, 1.54) is 6.40 Å². The number of ether oxygens (including phenoxy) is 2. The van der Waals surface area contributed by atoms with Crippen molar-refractivity contribution in [3.63, 3.8) is 0 Å². The number of carbonyl (C=O) groups excluding carboxylic acids is 3. The highest BCUT2D eigenvalue weighted by Gasteiger charge is 2.43. The van der Waals surface area contributed by atoms with Crippen molar-refractivity contribution in [3.05, 3.63) is 58.1 Å². The Hall–Kier alpha value is -3.86. The fraction of sp³-hybridized carbons (Fsp3) is 0.485. The number of nitrogens with one attached hydrogen (secondary N) is 2. The number of terminal acetylenes is 1. The number of benzene rings is 2. The molecule has 3 atom stereocenters. The molecule has 0 fully saturated rings. The van der Waals surface area contributed by atoms with Gasteiger partial charge in [-0.05, 0) is 68.7 Å². The van der Waals surface area contributed by atoms with Gasteiger partial charge in [-0.3, -0.25) is 14.4 Å². The predicted octanol–water partition coefficient (Wildman–Crippen LogP) is 5.10. The van der Waals surface area contributed by atoms with Crippen molar-refractivity contribution in [1.82, 2.24) is 10.6 Å². The molecule has 0 saturated heterocycles. The summed E-state index contributed by atoms with van der Waals surface area (Å²) < 4.78 is 31.3. The van der Waals surface area contributed by atoms with Crippen LogP contribution in [-0.2, 0) is 27.4 Å². The summed E-state index contributed by atoms with van der Waals surface area (Å²) in [4.78, 5) is 38.3. The quantitative estimate of drug-likeness (QED) is 0.369. The van der Waals surface area contributed by atoms with E-state index >= 15 is 0 Å². The number of hydrogen-bond donors (Lipinski definition) is 2. The molecular formula is C33H43FN2O5. The number of halogens is 1. The van der Waals surface area contributed by atoms with Crippen LogP contribution in [-0.4, -0.2) is 42.0 Å². The Morgan fingerprint density at radius 1 is 1.12 bits per heavy atom. The summed E-state index contributed by atoms with van der Waals surface area (Å²) in [5.74, 6) is -0.377. The molecule has 7 nitrogen and oxygen atoms in total.